The monoisotopic (exact) mass is 1710 g/mol. The van der Waals surface area contributed by atoms with Crippen LogP contribution in [-0.4, -0.2) is 87.2 Å². The van der Waals surface area contributed by atoms with E-state index in [0.29, 0.717) is 0 Å². The number of hydrogen-bond acceptors (Lipinski definition) is 12. The zero-order valence-electron chi connectivity index (χ0n) is 71.5. The Labute approximate surface area is 760 Å². The molecule has 27 rings (SSSR count). The molecule has 9 aromatic carbocycles. The van der Waals surface area contributed by atoms with E-state index in [-0.39, 0.29) is 0 Å². The van der Waals surface area contributed by atoms with Crippen LogP contribution in [0.2, 0.25) is 0 Å². The fraction of sp³-hybridized carbons (Fsp3) is 0.00870. The highest BCUT2D eigenvalue weighted by atomic mass is 15.1. The Morgan fingerprint density at radius 3 is 0.654 bits per heavy atom. The van der Waals surface area contributed by atoms with Gasteiger partial charge in [-0.1, -0.05) is 206 Å². The van der Waals surface area contributed by atoms with Crippen LogP contribution in [0.25, 0.3) is 233 Å². The minimum Gasteiger partial charge on any atom is -0.294 e. The van der Waals surface area contributed by atoms with Crippen LogP contribution in [0.1, 0.15) is 5.56 Å². The number of fused-ring (bicyclic) bond motifs is 18. The molecule has 0 atom stereocenters. The summed E-state index contributed by atoms with van der Waals surface area (Å²) in [6.45, 7) is 2.14. The van der Waals surface area contributed by atoms with Crippen LogP contribution in [0.5, 0.6) is 0 Å². The Hall–Kier alpha value is -18.4. The molecule has 0 spiro atoms. The summed E-state index contributed by atoms with van der Waals surface area (Å²) in [6, 6.07) is 123. The first kappa shape index (κ1) is 77.0. The fourth-order valence-corrected chi connectivity index (χ4v) is 19.4. The molecule has 0 aliphatic carbocycles. The maximum absolute atomic E-state index is 5.17. The number of benzene rings is 9. The van der Waals surface area contributed by atoms with Crippen molar-refractivity contribution in [2.45, 2.75) is 6.92 Å². The van der Waals surface area contributed by atoms with Gasteiger partial charge in [-0.3, -0.25) is 57.3 Å². The first-order chi connectivity index (χ1) is 65.9. The van der Waals surface area contributed by atoms with Gasteiger partial charge in [0.05, 0.1) is 125 Å². The smallest absolute Gasteiger partial charge is 0.138 e. The molecule has 27 aromatic rings. The third-order valence-electron chi connectivity index (χ3n) is 25.4. The van der Waals surface area contributed by atoms with Crippen LogP contribution in [0, 0.1) is 6.92 Å². The van der Waals surface area contributed by atoms with Gasteiger partial charge in [0.25, 0.3) is 0 Å². The lowest BCUT2D eigenvalue weighted by molar-refractivity contribution is 1.07. The molecule has 0 aliphatic heterocycles. The van der Waals surface area contributed by atoms with Crippen molar-refractivity contribution in [1.29, 1.82) is 0 Å². The summed E-state index contributed by atoms with van der Waals surface area (Å²) < 4.78 is 13.2. The van der Waals surface area contributed by atoms with E-state index in [0.717, 1.165) is 185 Å². The molecule has 0 saturated carbocycles. The summed E-state index contributed by atoms with van der Waals surface area (Å²) in [5.74, 6) is 5.20. The van der Waals surface area contributed by atoms with Crippen molar-refractivity contribution in [2.75, 3.05) is 0 Å². The molecule has 0 bridgehead atoms. The molecule has 0 saturated heterocycles. The van der Waals surface area contributed by atoms with Crippen molar-refractivity contribution in [3.05, 3.63) is 438 Å². The van der Waals surface area contributed by atoms with Crippen molar-refractivity contribution < 1.29 is 0 Å². The summed E-state index contributed by atoms with van der Waals surface area (Å²) >= 11 is 0. The minimum absolute atomic E-state index is 0.862. The molecule has 18 heterocycles. The van der Waals surface area contributed by atoms with E-state index in [1.807, 2.05) is 74.4 Å². The van der Waals surface area contributed by atoms with Gasteiger partial charge >= 0.3 is 0 Å². The fourth-order valence-electron chi connectivity index (χ4n) is 19.4. The molecule has 0 N–H and O–H groups in total. The number of aromatic nitrogens is 18. The lowest BCUT2D eigenvalue weighted by atomic mass is 10.0. The highest BCUT2D eigenvalue weighted by molar-refractivity contribution is 6.14. The maximum atomic E-state index is 5.17. The van der Waals surface area contributed by atoms with E-state index in [1.54, 1.807) is 0 Å². The second-order valence-electron chi connectivity index (χ2n) is 32.9. The summed E-state index contributed by atoms with van der Waals surface area (Å²) in [5, 5.41) is 14.0. The van der Waals surface area contributed by atoms with Crippen molar-refractivity contribution in [3.8, 4) is 102 Å². The zero-order valence-corrected chi connectivity index (χ0v) is 71.5. The number of aryl methyl sites for hydroxylation is 1. The van der Waals surface area contributed by atoms with E-state index in [9.17, 15) is 0 Å². The molecule has 624 valence electrons. The second-order valence-corrected chi connectivity index (χ2v) is 32.9. The lowest BCUT2D eigenvalue weighted by Gasteiger charge is -2.12. The van der Waals surface area contributed by atoms with Gasteiger partial charge in [0.1, 0.15) is 34.9 Å². The van der Waals surface area contributed by atoms with Crippen molar-refractivity contribution in [1.82, 2.24) is 87.2 Å². The molecule has 0 amide bonds. The third kappa shape index (κ3) is 13.3. The summed E-state index contributed by atoms with van der Waals surface area (Å²) in [7, 11) is 0. The quantitative estimate of drug-likeness (QED) is 0.113. The zero-order chi connectivity index (χ0) is 88.0. The molecular weight excluding hydrogens is 1630 g/mol. The van der Waals surface area contributed by atoms with Crippen molar-refractivity contribution >= 4 is 131 Å². The van der Waals surface area contributed by atoms with E-state index in [2.05, 4.69) is 422 Å². The number of rotatable bonds is 12. The summed E-state index contributed by atoms with van der Waals surface area (Å²) in [4.78, 5) is 57.1. The Kier molecular flexibility index (Phi) is 18.6. The van der Waals surface area contributed by atoms with E-state index in [1.165, 1.54) is 53.9 Å². The van der Waals surface area contributed by atoms with Gasteiger partial charge in [-0.2, -0.15) is 0 Å². The molecule has 0 radical (unpaired) electrons. The molecule has 133 heavy (non-hydrogen) atoms. The first-order valence-corrected chi connectivity index (χ1v) is 44.1. The van der Waals surface area contributed by atoms with Crippen molar-refractivity contribution in [3.63, 3.8) is 0 Å². The predicted molar refractivity (Wildman–Crippen MR) is 536 cm³/mol. The standard InChI is InChI=1S/C39H26N6.2C38H24N6/c1-25-22-26(32-10-6-14-38(42-32)44-34-12-4-2-8-28(34)30-18-20-40-23-36(30)44)16-17-27(25)33-11-7-15-39(43-33)45-35-13-5-3-9-29(35)31-19-21-41-24-37(31)45;1-3-11-33-27(7-1)29-23-39-21-19-35(29)43(33)37-13-5-9-31(41-37)25-15-17-26(18-16-25)32-10-6-14-38(42-32)44-34-12-4-2-8-28(34)30-24-40-22-20-36(30)44;1-3-11-33-27(7-1)29-19-21-39-23-35(29)43(33)37-13-5-9-31(41-37)25-15-17-26(18-16-25)32-10-6-14-38(42-32)44-34-12-4-2-8-28(34)30-20-22-40-24-36(30)44/h2-24H,1H3;2*1-24H. The normalized spacial score (nSPS) is 11.6. The molecule has 18 nitrogen and oxygen atoms in total. The Bertz CT molecular complexity index is 8250. The van der Waals surface area contributed by atoms with Crippen LogP contribution in [-0.2, 0) is 0 Å². The average Bonchev–Trinajstić information content (AvgIpc) is 1.63. The van der Waals surface area contributed by atoms with Gasteiger partial charge in [0.2, 0.25) is 0 Å². The summed E-state index contributed by atoms with van der Waals surface area (Å²) in [6.07, 6.45) is 22.6. The van der Waals surface area contributed by atoms with E-state index in [4.69, 9.17) is 29.9 Å². The highest BCUT2D eigenvalue weighted by Crippen LogP contribution is 2.41. The van der Waals surface area contributed by atoms with Gasteiger partial charge in [0, 0.05) is 148 Å². The van der Waals surface area contributed by atoms with Gasteiger partial charge < -0.3 is 0 Å². The molecule has 0 fully saturated rings. The van der Waals surface area contributed by atoms with Gasteiger partial charge in [-0.25, -0.2) is 29.9 Å². The van der Waals surface area contributed by atoms with Gasteiger partial charge in [0.15, 0.2) is 0 Å². The predicted octanol–water partition coefficient (Wildman–Crippen LogP) is 26.7. The van der Waals surface area contributed by atoms with E-state index >= 15 is 0 Å². The van der Waals surface area contributed by atoms with E-state index < -0.39 is 0 Å². The maximum Gasteiger partial charge on any atom is 0.138 e. The molecule has 0 unspecified atom stereocenters. The minimum atomic E-state index is 0.862. The van der Waals surface area contributed by atoms with Crippen LogP contribution in [0.15, 0.2) is 432 Å². The average molecular weight is 1710 g/mol. The highest BCUT2D eigenvalue weighted by Gasteiger charge is 2.23. The lowest BCUT2D eigenvalue weighted by Crippen LogP contribution is -2.00. The number of hydrogen-bond donors (Lipinski definition) is 0. The number of nitrogens with zero attached hydrogens (tertiary/aromatic N) is 18. The van der Waals surface area contributed by atoms with Gasteiger partial charge in [-0.05, 0) is 164 Å². The Balaban J connectivity index is 0.000000107. The van der Waals surface area contributed by atoms with Gasteiger partial charge in [-0.15, -0.1) is 0 Å². The SMILES string of the molecule is Cc1cc(-c2cccc(-n3c4ccccc4c4ccncc43)n2)ccc1-c1cccc(-n2c3ccccc3c3ccncc32)n1.c1cc(-c2ccc(-c3cccc(-n4c5ccccc5c5ccncc54)n3)cc2)nc(-n2c3ccccc3c3ccncc32)c1.c1cc(-c2ccc(-c3cccc(-n4c5ccccc5c5cnccc54)n3)cc2)nc(-n2c3ccccc3c3cnccc32)c1. The molecule has 18 heteroatoms. The van der Waals surface area contributed by atoms with Crippen LogP contribution in [0.3, 0.4) is 0 Å². The second kappa shape index (κ2) is 32.2. The van der Waals surface area contributed by atoms with Crippen LogP contribution >= 0.6 is 0 Å². The molecular formula is C115H74N18. The largest absolute Gasteiger partial charge is 0.294 e. The number of pyridine rings is 12. The van der Waals surface area contributed by atoms with Crippen molar-refractivity contribution in [2.24, 2.45) is 0 Å². The first-order valence-electron chi connectivity index (χ1n) is 44.1. The van der Waals surface area contributed by atoms with Crippen LogP contribution in [0.4, 0.5) is 0 Å². The van der Waals surface area contributed by atoms with Crippen LogP contribution < -0.4 is 0 Å². The Morgan fingerprint density at radius 2 is 0.368 bits per heavy atom. The third-order valence-corrected chi connectivity index (χ3v) is 25.4. The molecule has 18 aromatic heterocycles. The number of para-hydroxylation sites is 6. The topological polar surface area (TPSA) is 184 Å². The summed E-state index contributed by atoms with van der Waals surface area (Å²) in [5.41, 5.74) is 25.9. The molecule has 0 aliphatic rings. The Morgan fingerprint density at radius 1 is 0.158 bits per heavy atom.